The van der Waals surface area contributed by atoms with Crippen molar-refractivity contribution in [3.8, 4) is 5.88 Å². The molecule has 0 saturated heterocycles. The van der Waals surface area contributed by atoms with E-state index in [4.69, 9.17) is 10.5 Å². The van der Waals surface area contributed by atoms with Crippen LogP contribution in [0.2, 0.25) is 0 Å². The minimum atomic E-state index is -0.931. The van der Waals surface area contributed by atoms with Crippen LogP contribution in [0, 0.1) is 5.82 Å². The number of hydrogen-bond donors (Lipinski definition) is 3. The van der Waals surface area contributed by atoms with Crippen LogP contribution in [0.5, 0.6) is 5.88 Å². The summed E-state index contributed by atoms with van der Waals surface area (Å²) in [5, 5.41) is 12.6. The molecule has 8 nitrogen and oxygen atoms in total. The van der Waals surface area contributed by atoms with Gasteiger partial charge >= 0.3 is 6.09 Å². The molecule has 29 heavy (non-hydrogen) atoms. The number of rotatable bonds is 6. The summed E-state index contributed by atoms with van der Waals surface area (Å²) >= 11 is 0. The van der Waals surface area contributed by atoms with Gasteiger partial charge in [-0.15, -0.1) is 0 Å². The number of carbonyl (C=O) groups is 2. The zero-order valence-corrected chi connectivity index (χ0v) is 17.7. The molecule has 9 heteroatoms. The topological polar surface area (TPSA) is 118 Å². The maximum atomic E-state index is 14.5. The Morgan fingerprint density at radius 1 is 1.31 bits per heavy atom. The van der Waals surface area contributed by atoms with Gasteiger partial charge in [0.15, 0.2) is 11.6 Å². The Kier molecular flexibility index (Phi) is 6.92. The highest BCUT2D eigenvalue weighted by molar-refractivity contribution is 5.95. The molecule has 0 aromatic carbocycles. The molecule has 0 radical (unpaired) electrons. The first kappa shape index (κ1) is 22.7. The quantitative estimate of drug-likeness (QED) is 0.659. The van der Waals surface area contributed by atoms with E-state index in [0.717, 1.165) is 6.07 Å². The second-order valence-corrected chi connectivity index (χ2v) is 8.68. The first-order valence-corrected chi connectivity index (χ1v) is 9.86. The fourth-order valence-electron chi connectivity index (χ4n) is 3.73. The summed E-state index contributed by atoms with van der Waals surface area (Å²) in [4.78, 5) is 28.9. The maximum absolute atomic E-state index is 14.5. The van der Waals surface area contributed by atoms with Crippen molar-refractivity contribution < 1.29 is 23.8 Å². The number of carbonyl (C=O) groups excluding carboxylic acids is 1. The molecule has 1 aliphatic carbocycles. The molecule has 1 heterocycles. The molecule has 1 aromatic rings. The predicted octanol–water partition coefficient (Wildman–Crippen LogP) is 3.61. The maximum Gasteiger partial charge on any atom is 0.407 e. The van der Waals surface area contributed by atoms with Crippen LogP contribution in [0.15, 0.2) is 6.07 Å². The molecule has 2 rings (SSSR count). The van der Waals surface area contributed by atoms with E-state index in [0.29, 0.717) is 25.7 Å². The summed E-state index contributed by atoms with van der Waals surface area (Å²) in [6.07, 6.45) is 1.48. The molecular formula is C20H31FN4O4. The van der Waals surface area contributed by atoms with Crippen molar-refractivity contribution in [2.24, 2.45) is 5.73 Å². The smallest absolute Gasteiger partial charge is 0.407 e. The Balaban J connectivity index is 2.12. The highest BCUT2D eigenvalue weighted by Crippen LogP contribution is 2.31. The molecule has 0 unspecified atom stereocenters. The van der Waals surface area contributed by atoms with Gasteiger partial charge in [-0.2, -0.15) is 4.98 Å². The third-order valence-corrected chi connectivity index (χ3v) is 4.89. The second-order valence-electron chi connectivity index (χ2n) is 8.68. The first-order valence-electron chi connectivity index (χ1n) is 9.86. The molecule has 162 valence electrons. The third kappa shape index (κ3) is 5.71. The van der Waals surface area contributed by atoms with Gasteiger partial charge < -0.3 is 25.8 Å². The number of anilines is 1. The molecule has 0 aliphatic heterocycles. The highest BCUT2D eigenvalue weighted by atomic mass is 19.1. The van der Waals surface area contributed by atoms with E-state index in [1.807, 2.05) is 20.8 Å². The lowest BCUT2D eigenvalue weighted by molar-refractivity contribution is 0.0556. The van der Waals surface area contributed by atoms with Gasteiger partial charge in [-0.25, -0.2) is 9.18 Å². The normalized spacial score (nSPS) is 19.7. The van der Waals surface area contributed by atoms with E-state index in [1.165, 1.54) is 4.90 Å². The molecule has 1 fully saturated rings. The number of carboxylic acid groups (broad SMARTS) is 1. The van der Waals surface area contributed by atoms with Gasteiger partial charge in [-0.3, -0.25) is 4.79 Å². The summed E-state index contributed by atoms with van der Waals surface area (Å²) in [7, 11) is 0. The van der Waals surface area contributed by atoms with E-state index in [-0.39, 0.29) is 35.4 Å². The van der Waals surface area contributed by atoms with Gasteiger partial charge in [-0.1, -0.05) is 0 Å². The summed E-state index contributed by atoms with van der Waals surface area (Å²) < 4.78 is 20.0. The van der Waals surface area contributed by atoms with Crippen LogP contribution in [0.1, 0.15) is 70.7 Å². The van der Waals surface area contributed by atoms with Crippen LogP contribution in [-0.2, 0) is 0 Å². The minimum absolute atomic E-state index is 0.0000112. The number of pyridine rings is 1. The SMILES string of the molecule is CC(C)Oc1nc(NC2CCC(N(C(=O)O)C(C)(C)C)CC2)c(F)cc1C(N)=O. The number of halogens is 1. The number of amides is 2. The molecule has 2 amide bonds. The van der Waals surface area contributed by atoms with Crippen molar-refractivity contribution in [1.29, 1.82) is 0 Å². The monoisotopic (exact) mass is 410 g/mol. The molecule has 0 atom stereocenters. The Labute approximate surface area is 170 Å². The van der Waals surface area contributed by atoms with Crippen molar-refractivity contribution in [3.63, 3.8) is 0 Å². The lowest BCUT2D eigenvalue weighted by atomic mass is 9.88. The van der Waals surface area contributed by atoms with Crippen LogP contribution >= 0.6 is 0 Å². The fourth-order valence-corrected chi connectivity index (χ4v) is 3.73. The number of ether oxygens (including phenoxy) is 1. The van der Waals surface area contributed by atoms with Crippen LogP contribution in [0.3, 0.4) is 0 Å². The van der Waals surface area contributed by atoms with Crippen LogP contribution in [0.4, 0.5) is 15.0 Å². The van der Waals surface area contributed by atoms with Crippen molar-refractivity contribution in [1.82, 2.24) is 9.88 Å². The van der Waals surface area contributed by atoms with Gasteiger partial charge in [0.1, 0.15) is 5.56 Å². The van der Waals surface area contributed by atoms with Gasteiger partial charge in [0.05, 0.1) is 6.10 Å². The Bertz CT molecular complexity index is 756. The van der Waals surface area contributed by atoms with Gasteiger partial charge in [0.2, 0.25) is 5.88 Å². The van der Waals surface area contributed by atoms with Crippen molar-refractivity contribution in [2.45, 2.75) is 84.0 Å². The van der Waals surface area contributed by atoms with E-state index in [9.17, 15) is 19.1 Å². The number of nitrogens with one attached hydrogen (secondary N) is 1. The highest BCUT2D eigenvalue weighted by Gasteiger charge is 2.35. The number of nitrogens with two attached hydrogens (primary N) is 1. The van der Waals surface area contributed by atoms with Crippen molar-refractivity contribution in [2.75, 3.05) is 5.32 Å². The molecule has 1 saturated carbocycles. The molecule has 0 bridgehead atoms. The summed E-state index contributed by atoms with van der Waals surface area (Å²) in [5.74, 6) is -1.50. The number of aromatic nitrogens is 1. The lowest BCUT2D eigenvalue weighted by Crippen LogP contribution is -2.52. The zero-order valence-electron chi connectivity index (χ0n) is 17.7. The van der Waals surface area contributed by atoms with Crippen LogP contribution in [-0.4, -0.2) is 50.7 Å². The molecule has 1 aliphatic rings. The van der Waals surface area contributed by atoms with Crippen LogP contribution in [0.25, 0.3) is 0 Å². The number of nitrogens with zero attached hydrogens (tertiary/aromatic N) is 2. The molecular weight excluding hydrogens is 379 g/mol. The van der Waals surface area contributed by atoms with E-state index in [2.05, 4.69) is 10.3 Å². The van der Waals surface area contributed by atoms with E-state index >= 15 is 0 Å². The Morgan fingerprint density at radius 3 is 2.34 bits per heavy atom. The third-order valence-electron chi connectivity index (χ3n) is 4.89. The summed E-state index contributed by atoms with van der Waals surface area (Å²) in [6, 6.07) is 0.892. The average molecular weight is 410 g/mol. The van der Waals surface area contributed by atoms with Crippen LogP contribution < -0.4 is 15.8 Å². The lowest BCUT2D eigenvalue weighted by Gasteiger charge is -2.42. The average Bonchev–Trinajstić information content (AvgIpc) is 2.57. The van der Waals surface area contributed by atoms with E-state index in [1.54, 1.807) is 13.8 Å². The van der Waals surface area contributed by atoms with Gasteiger partial charge in [0.25, 0.3) is 5.91 Å². The largest absolute Gasteiger partial charge is 0.474 e. The molecule has 4 N–H and O–H groups in total. The zero-order chi connectivity index (χ0) is 21.9. The minimum Gasteiger partial charge on any atom is -0.474 e. The summed E-state index contributed by atoms with van der Waals surface area (Å²) in [5.41, 5.74) is 4.71. The molecule has 1 aromatic heterocycles. The Hall–Kier alpha value is -2.58. The second kappa shape index (κ2) is 8.84. The molecule has 0 spiro atoms. The fraction of sp³-hybridized carbons (Fsp3) is 0.650. The number of hydrogen-bond acceptors (Lipinski definition) is 5. The Morgan fingerprint density at radius 2 is 1.90 bits per heavy atom. The van der Waals surface area contributed by atoms with Crippen molar-refractivity contribution >= 4 is 17.8 Å². The van der Waals surface area contributed by atoms with Gasteiger partial charge in [0, 0.05) is 17.6 Å². The first-order chi connectivity index (χ1) is 13.4. The predicted molar refractivity (Wildman–Crippen MR) is 108 cm³/mol. The van der Waals surface area contributed by atoms with Crippen molar-refractivity contribution in [3.05, 3.63) is 17.4 Å². The van der Waals surface area contributed by atoms with E-state index < -0.39 is 23.4 Å². The summed E-state index contributed by atoms with van der Waals surface area (Å²) in [6.45, 7) is 9.17. The van der Waals surface area contributed by atoms with Gasteiger partial charge in [-0.05, 0) is 66.4 Å². The number of primary amides is 1. The standard InChI is InChI=1S/C20H31FN4O4/c1-11(2)29-18-14(16(22)26)10-15(21)17(24-18)23-12-6-8-13(9-7-12)25(19(27)28)20(3,4)5/h10-13H,6-9H2,1-5H3,(H2,22,26)(H,23,24)(H,27,28).